The fraction of sp³-hybridized carbons (Fsp3) is 0.500. The van der Waals surface area contributed by atoms with E-state index < -0.39 is 5.60 Å². The predicted molar refractivity (Wildman–Crippen MR) is 95.2 cm³/mol. The molecule has 1 aromatic carbocycles. The van der Waals surface area contributed by atoms with E-state index >= 15 is 0 Å². The Morgan fingerprint density at radius 2 is 2.15 bits per heavy atom. The number of carbonyl (C=O) groups excluding carboxylic acids is 1. The molecule has 0 bridgehead atoms. The van der Waals surface area contributed by atoms with Gasteiger partial charge in [-0.25, -0.2) is 0 Å². The number of aromatic nitrogens is 1. The van der Waals surface area contributed by atoms with Crippen molar-refractivity contribution in [1.82, 2.24) is 10.1 Å². The summed E-state index contributed by atoms with van der Waals surface area (Å²) in [5.74, 6) is 1.75. The first-order valence-electron chi connectivity index (χ1n) is 9.20. The van der Waals surface area contributed by atoms with Crippen LogP contribution in [0, 0.1) is 6.92 Å². The molecular weight excluding hydrogens is 332 g/mol. The van der Waals surface area contributed by atoms with Crippen LogP contribution < -0.4 is 4.74 Å². The summed E-state index contributed by atoms with van der Waals surface area (Å²) < 4.78 is 11.0. The van der Waals surface area contributed by atoms with Crippen LogP contribution in [0.15, 0.2) is 34.9 Å². The van der Waals surface area contributed by atoms with Crippen molar-refractivity contribution in [2.45, 2.75) is 44.1 Å². The third kappa shape index (κ3) is 3.75. The lowest BCUT2D eigenvalue weighted by Crippen LogP contribution is -2.53. The van der Waals surface area contributed by atoms with Crippen molar-refractivity contribution in [1.29, 1.82) is 0 Å². The summed E-state index contributed by atoms with van der Waals surface area (Å²) in [4.78, 5) is 14.4. The number of hydrogen-bond donors (Lipinski definition) is 1. The largest absolute Gasteiger partial charge is 0.491 e. The maximum atomic E-state index is 12.7. The van der Waals surface area contributed by atoms with Crippen LogP contribution in [0.4, 0.5) is 0 Å². The Bertz CT molecular complexity index is 781. The Morgan fingerprint density at radius 1 is 1.38 bits per heavy atom. The predicted octanol–water partition coefficient (Wildman–Crippen LogP) is 2.91. The Balaban J connectivity index is 1.38. The highest BCUT2D eigenvalue weighted by Crippen LogP contribution is 2.40. The van der Waals surface area contributed by atoms with Crippen molar-refractivity contribution in [3.63, 3.8) is 0 Å². The number of carbonyl (C=O) groups is 1. The number of piperidine rings is 1. The summed E-state index contributed by atoms with van der Waals surface area (Å²) in [6.45, 7) is 3.02. The van der Waals surface area contributed by atoms with Crippen molar-refractivity contribution in [2.75, 3.05) is 19.7 Å². The highest BCUT2D eigenvalue weighted by molar-refractivity contribution is 5.92. The SMILES string of the molecule is Cc1ccc(OC[C@]2(O)CCCN(C(=O)c3cc(C4CC4)on3)C2)cc1. The Labute approximate surface area is 152 Å². The minimum Gasteiger partial charge on any atom is -0.491 e. The normalized spacial score (nSPS) is 23.1. The zero-order valence-corrected chi connectivity index (χ0v) is 15.0. The van der Waals surface area contributed by atoms with E-state index in [0.29, 0.717) is 24.6 Å². The van der Waals surface area contributed by atoms with E-state index in [0.717, 1.165) is 36.3 Å². The lowest BCUT2D eigenvalue weighted by Gasteiger charge is -2.38. The molecule has 1 amide bonds. The van der Waals surface area contributed by atoms with E-state index in [1.807, 2.05) is 31.2 Å². The van der Waals surface area contributed by atoms with Gasteiger partial charge in [-0.1, -0.05) is 22.9 Å². The van der Waals surface area contributed by atoms with E-state index in [9.17, 15) is 9.90 Å². The molecule has 0 spiro atoms. The summed E-state index contributed by atoms with van der Waals surface area (Å²) >= 11 is 0. The molecule has 1 saturated carbocycles. The van der Waals surface area contributed by atoms with Crippen LogP contribution in [0.2, 0.25) is 0 Å². The molecule has 1 aliphatic carbocycles. The number of aliphatic hydroxyl groups is 1. The molecular formula is C20H24N2O4. The Morgan fingerprint density at radius 3 is 2.88 bits per heavy atom. The zero-order chi connectivity index (χ0) is 18.1. The molecule has 2 aliphatic rings. The van der Waals surface area contributed by atoms with Gasteiger partial charge in [0, 0.05) is 18.5 Å². The Hall–Kier alpha value is -2.34. The second-order valence-electron chi connectivity index (χ2n) is 7.55. The van der Waals surface area contributed by atoms with Crippen LogP contribution in [-0.2, 0) is 0 Å². The molecule has 6 heteroatoms. The van der Waals surface area contributed by atoms with Gasteiger partial charge in [-0.15, -0.1) is 0 Å². The van der Waals surface area contributed by atoms with Gasteiger partial charge in [-0.05, 0) is 44.7 Å². The van der Waals surface area contributed by atoms with Crippen molar-refractivity contribution < 1.29 is 19.2 Å². The van der Waals surface area contributed by atoms with Crippen molar-refractivity contribution in [3.05, 3.63) is 47.3 Å². The number of ether oxygens (including phenoxy) is 1. The number of amides is 1. The van der Waals surface area contributed by atoms with Crippen LogP contribution in [0.3, 0.4) is 0 Å². The topological polar surface area (TPSA) is 75.8 Å². The highest BCUT2D eigenvalue weighted by atomic mass is 16.5. The van der Waals surface area contributed by atoms with Crippen LogP contribution >= 0.6 is 0 Å². The lowest BCUT2D eigenvalue weighted by atomic mass is 9.93. The first kappa shape index (κ1) is 17.1. The molecule has 1 aliphatic heterocycles. The van der Waals surface area contributed by atoms with E-state index in [1.165, 1.54) is 0 Å². The quantitative estimate of drug-likeness (QED) is 0.891. The molecule has 2 fully saturated rings. The van der Waals surface area contributed by atoms with Crippen molar-refractivity contribution in [3.8, 4) is 5.75 Å². The number of aryl methyl sites for hydroxylation is 1. The lowest BCUT2D eigenvalue weighted by molar-refractivity contribution is -0.0533. The number of benzene rings is 1. The van der Waals surface area contributed by atoms with Crippen LogP contribution in [-0.4, -0.2) is 46.4 Å². The van der Waals surface area contributed by atoms with Crippen molar-refractivity contribution in [2.24, 2.45) is 0 Å². The van der Waals surface area contributed by atoms with Crippen LogP contribution in [0.25, 0.3) is 0 Å². The van der Waals surface area contributed by atoms with Crippen LogP contribution in [0.5, 0.6) is 5.75 Å². The van der Waals surface area contributed by atoms with Gasteiger partial charge in [0.05, 0.1) is 6.54 Å². The first-order chi connectivity index (χ1) is 12.5. The smallest absolute Gasteiger partial charge is 0.276 e. The third-order valence-electron chi connectivity index (χ3n) is 5.10. The summed E-state index contributed by atoms with van der Waals surface area (Å²) in [5.41, 5.74) is 0.432. The van der Waals surface area contributed by atoms with Gasteiger partial charge < -0.3 is 19.3 Å². The van der Waals surface area contributed by atoms with Gasteiger partial charge in [0.25, 0.3) is 5.91 Å². The average Bonchev–Trinajstić information content (AvgIpc) is 3.38. The van der Waals surface area contributed by atoms with Gasteiger partial charge in [-0.2, -0.15) is 0 Å². The summed E-state index contributed by atoms with van der Waals surface area (Å²) in [5, 5.41) is 14.8. The average molecular weight is 356 g/mol. The third-order valence-corrected chi connectivity index (χ3v) is 5.10. The van der Waals surface area contributed by atoms with E-state index in [4.69, 9.17) is 9.26 Å². The van der Waals surface area contributed by atoms with Gasteiger partial charge in [0.2, 0.25) is 0 Å². The number of nitrogens with zero attached hydrogens (tertiary/aromatic N) is 2. The molecule has 1 aromatic heterocycles. The molecule has 2 heterocycles. The van der Waals surface area contributed by atoms with E-state index in [2.05, 4.69) is 5.16 Å². The standard InChI is InChI=1S/C20H24N2O4/c1-14-3-7-16(8-4-14)25-13-20(24)9-2-10-22(12-20)19(23)17-11-18(26-21-17)15-5-6-15/h3-4,7-8,11,15,24H,2,5-6,9-10,12-13H2,1H3/t20-/m0/s1. The molecule has 1 saturated heterocycles. The second-order valence-corrected chi connectivity index (χ2v) is 7.55. The molecule has 1 atom stereocenters. The van der Waals surface area contributed by atoms with Gasteiger partial charge in [0.15, 0.2) is 5.69 Å². The zero-order valence-electron chi connectivity index (χ0n) is 15.0. The molecule has 138 valence electrons. The molecule has 4 rings (SSSR count). The maximum absolute atomic E-state index is 12.7. The minimum atomic E-state index is -1.05. The van der Waals surface area contributed by atoms with Gasteiger partial charge in [0.1, 0.15) is 23.7 Å². The number of likely N-dealkylation sites (tertiary alicyclic amines) is 1. The molecule has 0 radical (unpaired) electrons. The minimum absolute atomic E-state index is 0.159. The van der Waals surface area contributed by atoms with Gasteiger partial charge in [-0.3, -0.25) is 4.79 Å². The summed E-state index contributed by atoms with van der Waals surface area (Å²) in [6, 6.07) is 9.46. The summed E-state index contributed by atoms with van der Waals surface area (Å²) in [7, 11) is 0. The van der Waals surface area contributed by atoms with E-state index in [-0.39, 0.29) is 19.1 Å². The number of rotatable bonds is 5. The molecule has 2 aromatic rings. The monoisotopic (exact) mass is 356 g/mol. The number of β-amino-alcohol motifs (C(OH)–C–C–N with tert-alkyl or cyclic N) is 1. The second kappa shape index (κ2) is 6.76. The van der Waals surface area contributed by atoms with Gasteiger partial charge >= 0.3 is 0 Å². The first-order valence-corrected chi connectivity index (χ1v) is 9.20. The molecule has 26 heavy (non-hydrogen) atoms. The Kier molecular flexibility index (Phi) is 4.44. The summed E-state index contributed by atoms with van der Waals surface area (Å²) in [6.07, 6.45) is 3.53. The fourth-order valence-electron chi connectivity index (χ4n) is 3.37. The molecule has 1 N–H and O–H groups in total. The molecule has 6 nitrogen and oxygen atoms in total. The fourth-order valence-corrected chi connectivity index (χ4v) is 3.37. The van der Waals surface area contributed by atoms with E-state index in [1.54, 1.807) is 11.0 Å². The molecule has 0 unspecified atom stereocenters. The number of hydrogen-bond acceptors (Lipinski definition) is 5. The highest BCUT2D eigenvalue weighted by Gasteiger charge is 2.37. The van der Waals surface area contributed by atoms with Crippen molar-refractivity contribution >= 4 is 5.91 Å². The van der Waals surface area contributed by atoms with Crippen LogP contribution in [0.1, 0.15) is 53.4 Å². The maximum Gasteiger partial charge on any atom is 0.276 e.